The third-order valence-corrected chi connectivity index (χ3v) is 3.45. The predicted octanol–water partition coefficient (Wildman–Crippen LogP) is 2.13. The van der Waals surface area contributed by atoms with E-state index in [0.717, 1.165) is 12.5 Å². The van der Waals surface area contributed by atoms with Gasteiger partial charge in [0.05, 0.1) is 12.8 Å². The molecular weight excluding hydrogens is 395 g/mol. The van der Waals surface area contributed by atoms with Gasteiger partial charge in [-0.05, 0) is 31.9 Å². The molecule has 22 heavy (non-hydrogen) atoms. The standard InChI is InChI=1S/C15H24N4O2.HI/c1-2-16-15(19-12-6-3-4-7-12)18-10-9-17-14(20)13-8-5-11-21-13;/h5,8,11-12H,2-4,6-7,9-10H2,1H3,(H,17,20)(H2,16,18,19);1H. The van der Waals surface area contributed by atoms with Gasteiger partial charge in [-0.1, -0.05) is 12.8 Å². The molecule has 6 nitrogen and oxygen atoms in total. The fourth-order valence-corrected chi connectivity index (χ4v) is 2.42. The van der Waals surface area contributed by atoms with Gasteiger partial charge in [0.15, 0.2) is 11.7 Å². The molecule has 3 N–H and O–H groups in total. The van der Waals surface area contributed by atoms with Crippen molar-refractivity contribution in [2.45, 2.75) is 38.6 Å². The fourth-order valence-electron chi connectivity index (χ4n) is 2.42. The third kappa shape index (κ3) is 6.25. The van der Waals surface area contributed by atoms with E-state index in [2.05, 4.69) is 20.9 Å². The van der Waals surface area contributed by atoms with Gasteiger partial charge in [-0.25, -0.2) is 0 Å². The second-order valence-corrected chi connectivity index (χ2v) is 5.12. The molecule has 1 aromatic rings. The maximum Gasteiger partial charge on any atom is 0.287 e. The smallest absolute Gasteiger partial charge is 0.287 e. The summed E-state index contributed by atoms with van der Waals surface area (Å²) in [6, 6.07) is 3.87. The SMILES string of the molecule is CCNC(=NCCNC(=O)c1ccco1)NC1CCCC1.I. The van der Waals surface area contributed by atoms with E-state index in [4.69, 9.17) is 4.42 Å². The van der Waals surface area contributed by atoms with Crippen LogP contribution in [-0.2, 0) is 0 Å². The molecule has 1 aromatic heterocycles. The molecule has 0 bridgehead atoms. The number of nitrogens with zero attached hydrogens (tertiary/aromatic N) is 1. The molecule has 0 aliphatic heterocycles. The van der Waals surface area contributed by atoms with Crippen LogP contribution in [0.15, 0.2) is 27.8 Å². The van der Waals surface area contributed by atoms with Crippen molar-refractivity contribution in [2.75, 3.05) is 19.6 Å². The lowest BCUT2D eigenvalue weighted by Crippen LogP contribution is -2.42. The summed E-state index contributed by atoms with van der Waals surface area (Å²) in [4.78, 5) is 16.1. The predicted molar refractivity (Wildman–Crippen MR) is 97.8 cm³/mol. The van der Waals surface area contributed by atoms with Gasteiger partial charge < -0.3 is 20.4 Å². The number of nitrogens with one attached hydrogen (secondary N) is 3. The first-order chi connectivity index (χ1) is 10.3. The maximum atomic E-state index is 11.7. The molecule has 1 aliphatic rings. The van der Waals surface area contributed by atoms with Crippen molar-refractivity contribution in [2.24, 2.45) is 4.99 Å². The largest absolute Gasteiger partial charge is 0.459 e. The molecular formula is C15H25IN4O2. The Hall–Kier alpha value is -1.25. The zero-order valence-electron chi connectivity index (χ0n) is 12.9. The van der Waals surface area contributed by atoms with Crippen molar-refractivity contribution in [1.29, 1.82) is 0 Å². The van der Waals surface area contributed by atoms with Crippen LogP contribution in [0, 0.1) is 0 Å². The van der Waals surface area contributed by atoms with Gasteiger partial charge >= 0.3 is 0 Å². The highest BCUT2D eigenvalue weighted by Gasteiger charge is 2.15. The number of amides is 1. The molecule has 0 saturated heterocycles. The number of halogens is 1. The van der Waals surface area contributed by atoms with E-state index < -0.39 is 0 Å². The van der Waals surface area contributed by atoms with Crippen LogP contribution in [0.3, 0.4) is 0 Å². The van der Waals surface area contributed by atoms with Crippen molar-refractivity contribution in [3.8, 4) is 0 Å². The van der Waals surface area contributed by atoms with Crippen molar-refractivity contribution in [3.05, 3.63) is 24.2 Å². The topological polar surface area (TPSA) is 78.7 Å². The highest BCUT2D eigenvalue weighted by atomic mass is 127. The number of aliphatic imine (C=N–C) groups is 1. The zero-order chi connectivity index (χ0) is 14.9. The number of carbonyl (C=O) groups is 1. The minimum atomic E-state index is -0.205. The summed E-state index contributed by atoms with van der Waals surface area (Å²) in [6.07, 6.45) is 6.48. The lowest BCUT2D eigenvalue weighted by Gasteiger charge is -2.16. The molecule has 0 radical (unpaired) electrons. The number of hydrogen-bond acceptors (Lipinski definition) is 3. The summed E-state index contributed by atoms with van der Waals surface area (Å²) in [6.45, 7) is 3.90. The van der Waals surface area contributed by atoms with Gasteiger partial charge in [0.1, 0.15) is 0 Å². The molecule has 1 heterocycles. The first-order valence-electron chi connectivity index (χ1n) is 7.66. The van der Waals surface area contributed by atoms with E-state index in [1.165, 1.54) is 31.9 Å². The highest BCUT2D eigenvalue weighted by molar-refractivity contribution is 14.0. The second kappa shape index (κ2) is 10.5. The quantitative estimate of drug-likeness (QED) is 0.285. The molecule has 1 aliphatic carbocycles. The molecule has 1 saturated carbocycles. The number of hydrogen-bond donors (Lipinski definition) is 3. The van der Waals surface area contributed by atoms with Crippen LogP contribution < -0.4 is 16.0 Å². The Labute approximate surface area is 148 Å². The molecule has 0 spiro atoms. The monoisotopic (exact) mass is 420 g/mol. The molecule has 0 unspecified atom stereocenters. The first-order valence-corrected chi connectivity index (χ1v) is 7.66. The van der Waals surface area contributed by atoms with Crippen LogP contribution in [0.4, 0.5) is 0 Å². The van der Waals surface area contributed by atoms with Crippen molar-refractivity contribution in [1.82, 2.24) is 16.0 Å². The number of rotatable bonds is 6. The minimum Gasteiger partial charge on any atom is -0.459 e. The van der Waals surface area contributed by atoms with Gasteiger partial charge in [-0.15, -0.1) is 24.0 Å². The van der Waals surface area contributed by atoms with Gasteiger partial charge in [0.2, 0.25) is 0 Å². The van der Waals surface area contributed by atoms with E-state index >= 15 is 0 Å². The van der Waals surface area contributed by atoms with Crippen LogP contribution in [0.1, 0.15) is 43.2 Å². The Morgan fingerprint density at radius 3 is 2.77 bits per heavy atom. The van der Waals surface area contributed by atoms with E-state index in [1.807, 2.05) is 6.92 Å². The summed E-state index contributed by atoms with van der Waals surface area (Å²) in [5.41, 5.74) is 0. The zero-order valence-corrected chi connectivity index (χ0v) is 15.3. The minimum absolute atomic E-state index is 0. The lowest BCUT2D eigenvalue weighted by atomic mass is 10.2. The summed E-state index contributed by atoms with van der Waals surface area (Å²) in [5.74, 6) is 0.954. The van der Waals surface area contributed by atoms with Crippen molar-refractivity contribution in [3.63, 3.8) is 0 Å². The average Bonchev–Trinajstić information content (AvgIpc) is 3.16. The van der Waals surface area contributed by atoms with Crippen LogP contribution in [0.5, 0.6) is 0 Å². The molecule has 0 aromatic carbocycles. The fraction of sp³-hybridized carbons (Fsp3) is 0.600. The van der Waals surface area contributed by atoms with Crippen LogP contribution in [0.2, 0.25) is 0 Å². The van der Waals surface area contributed by atoms with Gasteiger partial charge in [0, 0.05) is 19.1 Å². The summed E-state index contributed by atoms with van der Waals surface area (Å²) in [7, 11) is 0. The lowest BCUT2D eigenvalue weighted by molar-refractivity contribution is 0.0927. The Morgan fingerprint density at radius 2 is 2.14 bits per heavy atom. The van der Waals surface area contributed by atoms with E-state index in [1.54, 1.807) is 12.1 Å². The molecule has 0 atom stereocenters. The van der Waals surface area contributed by atoms with Gasteiger partial charge in [-0.3, -0.25) is 9.79 Å². The van der Waals surface area contributed by atoms with Crippen molar-refractivity contribution < 1.29 is 9.21 Å². The molecule has 7 heteroatoms. The second-order valence-electron chi connectivity index (χ2n) is 5.12. The van der Waals surface area contributed by atoms with Crippen LogP contribution in [-0.4, -0.2) is 37.5 Å². The first kappa shape index (κ1) is 18.8. The Kier molecular flexibility index (Phi) is 8.95. The normalized spacial score (nSPS) is 15.2. The molecule has 2 rings (SSSR count). The Morgan fingerprint density at radius 1 is 1.36 bits per heavy atom. The molecule has 124 valence electrons. The Bertz CT molecular complexity index is 456. The maximum absolute atomic E-state index is 11.7. The summed E-state index contributed by atoms with van der Waals surface area (Å²) < 4.78 is 5.03. The highest BCUT2D eigenvalue weighted by Crippen LogP contribution is 2.17. The Balaban J connectivity index is 0.00000242. The summed E-state index contributed by atoms with van der Waals surface area (Å²) in [5, 5.41) is 9.45. The average molecular weight is 420 g/mol. The van der Waals surface area contributed by atoms with Crippen molar-refractivity contribution >= 4 is 35.8 Å². The van der Waals surface area contributed by atoms with Crippen LogP contribution in [0.25, 0.3) is 0 Å². The number of furan rings is 1. The number of carbonyl (C=O) groups excluding carboxylic acids is 1. The number of guanidine groups is 1. The van der Waals surface area contributed by atoms with Gasteiger partial charge in [0.25, 0.3) is 5.91 Å². The van der Waals surface area contributed by atoms with E-state index in [0.29, 0.717) is 24.9 Å². The van der Waals surface area contributed by atoms with Gasteiger partial charge in [-0.2, -0.15) is 0 Å². The third-order valence-electron chi connectivity index (χ3n) is 3.45. The van der Waals surface area contributed by atoms with E-state index in [-0.39, 0.29) is 29.9 Å². The van der Waals surface area contributed by atoms with Crippen LogP contribution >= 0.6 is 24.0 Å². The molecule has 1 amide bonds. The molecule has 1 fully saturated rings. The summed E-state index contributed by atoms with van der Waals surface area (Å²) >= 11 is 0. The van der Waals surface area contributed by atoms with E-state index in [9.17, 15) is 4.79 Å².